The minimum Gasteiger partial charge on any atom is -0.256 e. The summed E-state index contributed by atoms with van der Waals surface area (Å²) in [6.45, 7) is 9.52. The van der Waals surface area contributed by atoms with E-state index in [1.165, 1.54) is 53.1 Å². The van der Waals surface area contributed by atoms with Gasteiger partial charge in [0.1, 0.15) is 0 Å². The van der Waals surface area contributed by atoms with Gasteiger partial charge >= 0.3 is 0 Å². The third kappa shape index (κ3) is 4.95. The first-order valence-corrected chi connectivity index (χ1v) is 13.6. The van der Waals surface area contributed by atoms with Crippen molar-refractivity contribution in [3.05, 3.63) is 72.4 Å². The SMILES string of the molecule is CCCCCc1cc(-c2ccc(-c3ccccc3)cc2)ncc1[Si](C)(C)C. The Balaban J connectivity index is 1.90. The molecule has 1 aromatic heterocycles. The van der Waals surface area contributed by atoms with Crippen LogP contribution in [0, 0.1) is 0 Å². The number of benzene rings is 2. The maximum absolute atomic E-state index is 4.84. The van der Waals surface area contributed by atoms with Crippen LogP contribution >= 0.6 is 0 Å². The quantitative estimate of drug-likeness (QED) is 0.332. The van der Waals surface area contributed by atoms with E-state index in [1.807, 2.05) is 0 Å². The molecule has 0 spiro atoms. The van der Waals surface area contributed by atoms with Crippen molar-refractivity contribution >= 4 is 13.3 Å². The van der Waals surface area contributed by atoms with Crippen LogP contribution in [0.2, 0.25) is 19.6 Å². The molecule has 0 bridgehead atoms. The van der Waals surface area contributed by atoms with Crippen LogP contribution < -0.4 is 5.19 Å². The van der Waals surface area contributed by atoms with Crippen LogP contribution in [0.15, 0.2) is 66.9 Å². The predicted octanol–water partition coefficient (Wildman–Crippen LogP) is 6.69. The molecule has 0 N–H and O–H groups in total. The predicted molar refractivity (Wildman–Crippen MR) is 121 cm³/mol. The van der Waals surface area contributed by atoms with Crippen molar-refractivity contribution in [1.29, 1.82) is 0 Å². The molecule has 1 nitrogen and oxygen atoms in total. The first kappa shape index (κ1) is 19.6. The van der Waals surface area contributed by atoms with E-state index in [0.29, 0.717) is 0 Å². The Labute approximate surface area is 165 Å². The van der Waals surface area contributed by atoms with E-state index in [9.17, 15) is 0 Å². The van der Waals surface area contributed by atoms with Crippen LogP contribution in [0.25, 0.3) is 22.4 Å². The summed E-state index contributed by atoms with van der Waals surface area (Å²) in [4.78, 5) is 4.84. The zero-order chi connectivity index (χ0) is 19.3. The minimum atomic E-state index is -1.38. The zero-order valence-electron chi connectivity index (χ0n) is 17.1. The van der Waals surface area contributed by atoms with Crippen molar-refractivity contribution in [1.82, 2.24) is 4.98 Å². The van der Waals surface area contributed by atoms with E-state index in [0.717, 1.165) is 5.69 Å². The highest BCUT2D eigenvalue weighted by atomic mass is 28.3. The van der Waals surface area contributed by atoms with Crippen LogP contribution in [0.1, 0.15) is 31.7 Å². The summed E-state index contributed by atoms with van der Waals surface area (Å²) in [5.41, 5.74) is 6.32. The van der Waals surface area contributed by atoms with Crippen LogP contribution in [0.3, 0.4) is 0 Å². The van der Waals surface area contributed by atoms with E-state index in [2.05, 4.69) is 93.4 Å². The normalized spacial score (nSPS) is 11.6. The highest BCUT2D eigenvalue weighted by molar-refractivity contribution is 6.89. The topological polar surface area (TPSA) is 12.9 Å². The van der Waals surface area contributed by atoms with E-state index in [4.69, 9.17) is 4.98 Å². The molecule has 0 radical (unpaired) electrons. The highest BCUT2D eigenvalue weighted by Crippen LogP contribution is 2.24. The summed E-state index contributed by atoms with van der Waals surface area (Å²) in [6, 6.07) is 21.7. The zero-order valence-corrected chi connectivity index (χ0v) is 18.1. The van der Waals surface area contributed by atoms with Crippen LogP contribution in [-0.2, 0) is 6.42 Å². The molecule has 0 fully saturated rings. The average Bonchev–Trinajstić information content (AvgIpc) is 2.68. The Morgan fingerprint density at radius 3 is 2.04 bits per heavy atom. The van der Waals surface area contributed by atoms with Crippen molar-refractivity contribution in [2.24, 2.45) is 0 Å². The summed E-state index contributed by atoms with van der Waals surface area (Å²) in [5.74, 6) is 0. The van der Waals surface area contributed by atoms with Gasteiger partial charge in [-0.2, -0.15) is 0 Å². The molecular formula is C25H31NSi. The second-order valence-corrected chi connectivity index (χ2v) is 13.4. The molecule has 0 aliphatic rings. The molecule has 0 saturated carbocycles. The van der Waals surface area contributed by atoms with E-state index >= 15 is 0 Å². The molecular weight excluding hydrogens is 342 g/mol. The minimum absolute atomic E-state index is 1.10. The fraction of sp³-hybridized carbons (Fsp3) is 0.320. The van der Waals surface area contributed by atoms with Crippen LogP contribution in [0.5, 0.6) is 0 Å². The Bertz CT molecular complexity index is 861. The van der Waals surface area contributed by atoms with Gasteiger partial charge in [-0.25, -0.2) is 0 Å². The fourth-order valence-electron chi connectivity index (χ4n) is 3.57. The third-order valence-corrected chi connectivity index (χ3v) is 7.20. The molecule has 140 valence electrons. The number of aromatic nitrogens is 1. The Kier molecular flexibility index (Phi) is 6.28. The smallest absolute Gasteiger partial charge is 0.0799 e. The molecule has 0 amide bonds. The molecule has 27 heavy (non-hydrogen) atoms. The van der Waals surface area contributed by atoms with Gasteiger partial charge in [0.05, 0.1) is 13.8 Å². The van der Waals surface area contributed by atoms with Crippen molar-refractivity contribution in [3.8, 4) is 22.4 Å². The molecule has 0 atom stereocenters. The Morgan fingerprint density at radius 2 is 1.41 bits per heavy atom. The van der Waals surface area contributed by atoms with Gasteiger partial charge in [0.2, 0.25) is 0 Å². The molecule has 2 aromatic carbocycles. The lowest BCUT2D eigenvalue weighted by Gasteiger charge is -2.21. The third-order valence-electron chi connectivity index (χ3n) is 5.14. The summed E-state index contributed by atoms with van der Waals surface area (Å²) in [6.07, 6.45) is 7.17. The van der Waals surface area contributed by atoms with Gasteiger partial charge < -0.3 is 0 Å². The monoisotopic (exact) mass is 373 g/mol. The molecule has 0 saturated heterocycles. The number of pyridine rings is 1. The second kappa shape index (κ2) is 8.66. The molecule has 3 aromatic rings. The number of unbranched alkanes of at least 4 members (excludes halogenated alkanes) is 2. The Morgan fingerprint density at radius 1 is 0.778 bits per heavy atom. The molecule has 0 aliphatic heterocycles. The van der Waals surface area contributed by atoms with Crippen molar-refractivity contribution in [2.75, 3.05) is 0 Å². The van der Waals surface area contributed by atoms with Crippen LogP contribution in [0.4, 0.5) is 0 Å². The van der Waals surface area contributed by atoms with Gasteiger partial charge in [0, 0.05) is 11.8 Å². The van der Waals surface area contributed by atoms with E-state index in [-0.39, 0.29) is 0 Å². The second-order valence-electron chi connectivity index (χ2n) is 8.38. The number of rotatable bonds is 7. The maximum atomic E-state index is 4.84. The van der Waals surface area contributed by atoms with Crippen molar-refractivity contribution < 1.29 is 0 Å². The fourth-order valence-corrected chi connectivity index (χ4v) is 5.18. The van der Waals surface area contributed by atoms with Gasteiger partial charge in [0.15, 0.2) is 0 Å². The van der Waals surface area contributed by atoms with Gasteiger partial charge in [-0.15, -0.1) is 0 Å². The van der Waals surface area contributed by atoms with E-state index in [1.54, 1.807) is 0 Å². The first-order chi connectivity index (χ1) is 13.0. The number of hydrogen-bond acceptors (Lipinski definition) is 1. The van der Waals surface area contributed by atoms with Crippen molar-refractivity contribution in [2.45, 2.75) is 52.2 Å². The van der Waals surface area contributed by atoms with Gasteiger partial charge in [0.25, 0.3) is 0 Å². The van der Waals surface area contributed by atoms with Gasteiger partial charge in [-0.05, 0) is 40.8 Å². The largest absolute Gasteiger partial charge is 0.256 e. The average molecular weight is 374 g/mol. The lowest BCUT2D eigenvalue weighted by molar-refractivity contribution is 0.718. The maximum Gasteiger partial charge on any atom is 0.0799 e. The summed E-state index contributed by atoms with van der Waals surface area (Å²) >= 11 is 0. The van der Waals surface area contributed by atoms with Gasteiger partial charge in [-0.1, -0.05) is 94.0 Å². The number of nitrogens with zero attached hydrogens (tertiary/aromatic N) is 1. The molecule has 0 unspecified atom stereocenters. The summed E-state index contributed by atoms with van der Waals surface area (Å²) < 4.78 is 0. The number of aryl methyl sites for hydroxylation is 1. The molecule has 2 heteroatoms. The molecule has 3 rings (SSSR count). The highest BCUT2D eigenvalue weighted by Gasteiger charge is 2.21. The Hall–Kier alpha value is -2.19. The van der Waals surface area contributed by atoms with Crippen LogP contribution in [-0.4, -0.2) is 13.1 Å². The summed E-state index contributed by atoms with van der Waals surface area (Å²) in [7, 11) is -1.38. The lowest BCUT2D eigenvalue weighted by atomic mass is 10.0. The first-order valence-electron chi connectivity index (χ1n) is 10.1. The van der Waals surface area contributed by atoms with E-state index < -0.39 is 8.07 Å². The summed E-state index contributed by atoms with van der Waals surface area (Å²) in [5, 5.41) is 1.52. The molecule has 0 aliphatic carbocycles. The molecule has 1 heterocycles. The van der Waals surface area contributed by atoms with Crippen molar-refractivity contribution in [3.63, 3.8) is 0 Å². The lowest BCUT2D eigenvalue weighted by Crippen LogP contribution is -2.40. The number of hydrogen-bond donors (Lipinski definition) is 0. The standard InChI is InChI=1S/C25H31NSi/c1-5-6-8-13-23-18-24(26-19-25(23)27(2,3)4)22-16-14-21(15-17-22)20-11-9-7-10-12-20/h7,9-12,14-19H,5-6,8,13H2,1-4H3. The van der Waals surface area contributed by atoms with Gasteiger partial charge in [-0.3, -0.25) is 4.98 Å².